The van der Waals surface area contributed by atoms with Crippen molar-refractivity contribution in [1.29, 1.82) is 0 Å². The summed E-state index contributed by atoms with van der Waals surface area (Å²) in [5, 5.41) is 14.9. The third-order valence-electron chi connectivity index (χ3n) is 2.79. The highest BCUT2D eigenvalue weighted by atomic mass is 79.9. The minimum absolute atomic E-state index is 0.163. The standard InChI is InChI=1S/C14H22BrN3O2/c1-9-5-11(15)12(16-7-9)18-13(20)17-8-14(3,4)6-10(2)19/h5,7,10,19H,6,8H2,1-4H3,(H2,16,17,18,20)/t10-/m0/s1. The molecule has 0 aliphatic heterocycles. The van der Waals surface area contributed by atoms with Gasteiger partial charge in [0.05, 0.1) is 10.6 Å². The van der Waals surface area contributed by atoms with Gasteiger partial charge in [-0.2, -0.15) is 0 Å². The lowest BCUT2D eigenvalue weighted by Gasteiger charge is -2.26. The summed E-state index contributed by atoms with van der Waals surface area (Å²) in [4.78, 5) is 16.0. The number of carbonyl (C=O) groups is 1. The molecule has 1 heterocycles. The third kappa shape index (κ3) is 5.88. The Kier molecular flexibility index (Phi) is 5.95. The fourth-order valence-electron chi connectivity index (χ4n) is 1.97. The van der Waals surface area contributed by atoms with Crippen molar-refractivity contribution >= 4 is 27.8 Å². The summed E-state index contributed by atoms with van der Waals surface area (Å²) >= 11 is 3.36. The van der Waals surface area contributed by atoms with E-state index in [-0.39, 0.29) is 17.6 Å². The summed E-state index contributed by atoms with van der Waals surface area (Å²) < 4.78 is 0.746. The van der Waals surface area contributed by atoms with Gasteiger partial charge in [0.15, 0.2) is 0 Å². The molecule has 1 rings (SSSR count). The number of halogens is 1. The van der Waals surface area contributed by atoms with Crippen LogP contribution < -0.4 is 10.6 Å². The first-order valence-electron chi connectivity index (χ1n) is 6.55. The molecule has 0 aliphatic rings. The number of urea groups is 1. The summed E-state index contributed by atoms with van der Waals surface area (Å²) in [6, 6.07) is 1.58. The minimum Gasteiger partial charge on any atom is -0.393 e. The van der Waals surface area contributed by atoms with E-state index < -0.39 is 0 Å². The Morgan fingerprint density at radius 1 is 1.55 bits per heavy atom. The van der Waals surface area contributed by atoms with Crippen LogP contribution in [0.15, 0.2) is 16.7 Å². The molecule has 5 nitrogen and oxygen atoms in total. The molecule has 0 aromatic carbocycles. The molecule has 0 fully saturated rings. The smallest absolute Gasteiger partial charge is 0.320 e. The quantitative estimate of drug-likeness (QED) is 0.769. The molecular weight excluding hydrogens is 322 g/mol. The first-order valence-corrected chi connectivity index (χ1v) is 7.34. The third-order valence-corrected chi connectivity index (χ3v) is 3.39. The molecule has 0 saturated heterocycles. The molecule has 0 bridgehead atoms. The van der Waals surface area contributed by atoms with Crippen LogP contribution in [0.5, 0.6) is 0 Å². The number of hydrogen-bond donors (Lipinski definition) is 3. The van der Waals surface area contributed by atoms with Gasteiger partial charge in [0.25, 0.3) is 0 Å². The van der Waals surface area contributed by atoms with Crippen molar-refractivity contribution in [2.24, 2.45) is 5.41 Å². The maximum absolute atomic E-state index is 11.8. The molecule has 112 valence electrons. The van der Waals surface area contributed by atoms with Gasteiger partial charge in [-0.1, -0.05) is 13.8 Å². The number of aryl methyl sites for hydroxylation is 1. The van der Waals surface area contributed by atoms with E-state index in [9.17, 15) is 9.90 Å². The maximum atomic E-state index is 11.8. The molecule has 6 heteroatoms. The zero-order valence-electron chi connectivity index (χ0n) is 12.3. The van der Waals surface area contributed by atoms with Crippen molar-refractivity contribution in [3.05, 3.63) is 22.3 Å². The number of nitrogens with zero attached hydrogens (tertiary/aromatic N) is 1. The number of amides is 2. The number of pyridine rings is 1. The van der Waals surface area contributed by atoms with Gasteiger partial charge in [0, 0.05) is 12.7 Å². The molecule has 3 N–H and O–H groups in total. The number of rotatable bonds is 5. The average Bonchev–Trinajstić information content (AvgIpc) is 2.29. The van der Waals surface area contributed by atoms with Gasteiger partial charge in [-0.05, 0) is 53.2 Å². The largest absolute Gasteiger partial charge is 0.393 e. The number of hydrogen-bond acceptors (Lipinski definition) is 3. The van der Waals surface area contributed by atoms with Crippen molar-refractivity contribution in [3.63, 3.8) is 0 Å². The first kappa shape index (κ1) is 16.9. The molecule has 1 aromatic heterocycles. The lowest BCUT2D eigenvalue weighted by molar-refractivity contribution is 0.129. The summed E-state index contributed by atoms with van der Waals surface area (Å²) in [6.45, 7) is 8.16. The highest BCUT2D eigenvalue weighted by molar-refractivity contribution is 9.10. The van der Waals surface area contributed by atoms with E-state index in [1.165, 1.54) is 0 Å². The van der Waals surface area contributed by atoms with Crippen molar-refractivity contribution in [2.75, 3.05) is 11.9 Å². The van der Waals surface area contributed by atoms with Crippen LogP contribution in [0.1, 0.15) is 32.8 Å². The Hall–Kier alpha value is -1.14. The number of carbonyl (C=O) groups excluding carboxylic acids is 1. The van der Waals surface area contributed by atoms with E-state index in [4.69, 9.17) is 0 Å². The predicted molar refractivity (Wildman–Crippen MR) is 83.8 cm³/mol. The molecule has 0 radical (unpaired) electrons. The highest BCUT2D eigenvalue weighted by Crippen LogP contribution is 2.22. The Morgan fingerprint density at radius 3 is 2.75 bits per heavy atom. The lowest BCUT2D eigenvalue weighted by Crippen LogP contribution is -2.38. The Bertz CT molecular complexity index is 475. The lowest BCUT2D eigenvalue weighted by atomic mass is 9.87. The van der Waals surface area contributed by atoms with Crippen molar-refractivity contribution in [3.8, 4) is 0 Å². The van der Waals surface area contributed by atoms with Crippen LogP contribution in [0.4, 0.5) is 10.6 Å². The van der Waals surface area contributed by atoms with Crippen LogP contribution in [0.3, 0.4) is 0 Å². The molecule has 0 unspecified atom stereocenters. The summed E-state index contributed by atoms with van der Waals surface area (Å²) in [5.74, 6) is 0.487. The van der Waals surface area contributed by atoms with Crippen LogP contribution in [0.2, 0.25) is 0 Å². The van der Waals surface area contributed by atoms with Gasteiger partial charge in [0.1, 0.15) is 5.82 Å². The van der Waals surface area contributed by atoms with Crippen LogP contribution >= 0.6 is 15.9 Å². The normalized spacial score (nSPS) is 12.9. The van der Waals surface area contributed by atoms with Gasteiger partial charge in [-0.25, -0.2) is 9.78 Å². The Morgan fingerprint density at radius 2 is 2.20 bits per heavy atom. The van der Waals surface area contributed by atoms with Gasteiger partial charge in [-0.3, -0.25) is 5.32 Å². The number of nitrogens with one attached hydrogen (secondary N) is 2. The molecule has 20 heavy (non-hydrogen) atoms. The zero-order chi connectivity index (χ0) is 15.3. The second kappa shape index (κ2) is 7.04. The van der Waals surface area contributed by atoms with Crippen LogP contribution in [0, 0.1) is 12.3 Å². The van der Waals surface area contributed by atoms with Gasteiger partial charge in [0.2, 0.25) is 0 Å². The molecular formula is C14H22BrN3O2. The first-order chi connectivity index (χ1) is 9.19. The van der Waals surface area contributed by atoms with E-state index in [0.717, 1.165) is 10.0 Å². The van der Waals surface area contributed by atoms with E-state index in [0.29, 0.717) is 18.8 Å². The zero-order valence-corrected chi connectivity index (χ0v) is 13.9. The van der Waals surface area contributed by atoms with Crippen molar-refractivity contribution in [2.45, 2.75) is 40.2 Å². The second-order valence-electron chi connectivity index (χ2n) is 5.87. The van der Waals surface area contributed by atoms with Crippen LogP contribution in [-0.4, -0.2) is 28.8 Å². The molecule has 0 saturated carbocycles. The highest BCUT2D eigenvalue weighted by Gasteiger charge is 2.21. The molecule has 2 amide bonds. The van der Waals surface area contributed by atoms with E-state index in [1.807, 2.05) is 26.8 Å². The number of aromatic nitrogens is 1. The number of anilines is 1. The fraction of sp³-hybridized carbons (Fsp3) is 0.571. The topological polar surface area (TPSA) is 74.2 Å². The van der Waals surface area contributed by atoms with E-state index in [2.05, 4.69) is 31.5 Å². The Balaban J connectivity index is 2.52. The van der Waals surface area contributed by atoms with Crippen molar-refractivity contribution < 1.29 is 9.90 Å². The summed E-state index contributed by atoms with van der Waals surface area (Å²) in [6.07, 6.45) is 1.93. The Labute approximate surface area is 128 Å². The summed E-state index contributed by atoms with van der Waals surface area (Å²) in [5.41, 5.74) is 0.851. The van der Waals surface area contributed by atoms with E-state index >= 15 is 0 Å². The monoisotopic (exact) mass is 343 g/mol. The van der Waals surface area contributed by atoms with Crippen LogP contribution in [-0.2, 0) is 0 Å². The van der Waals surface area contributed by atoms with E-state index in [1.54, 1.807) is 13.1 Å². The molecule has 0 spiro atoms. The predicted octanol–water partition coefficient (Wildman–Crippen LogP) is 3.07. The van der Waals surface area contributed by atoms with Gasteiger partial charge < -0.3 is 10.4 Å². The van der Waals surface area contributed by atoms with Gasteiger partial charge >= 0.3 is 6.03 Å². The summed E-state index contributed by atoms with van der Waals surface area (Å²) in [7, 11) is 0. The number of aliphatic hydroxyl groups excluding tert-OH is 1. The average molecular weight is 344 g/mol. The van der Waals surface area contributed by atoms with Gasteiger partial charge in [-0.15, -0.1) is 0 Å². The maximum Gasteiger partial charge on any atom is 0.320 e. The SMILES string of the molecule is Cc1cnc(NC(=O)NCC(C)(C)C[C@H](C)O)c(Br)c1. The molecule has 0 aliphatic carbocycles. The fourth-order valence-corrected chi connectivity index (χ4v) is 2.53. The minimum atomic E-state index is -0.386. The van der Waals surface area contributed by atoms with Crippen LogP contribution in [0.25, 0.3) is 0 Å². The second-order valence-corrected chi connectivity index (χ2v) is 6.72. The molecule has 1 aromatic rings. The number of aliphatic hydroxyl groups is 1. The van der Waals surface area contributed by atoms with Crippen molar-refractivity contribution in [1.82, 2.24) is 10.3 Å². The molecule has 1 atom stereocenters.